The maximum atomic E-state index is 12.7. The highest BCUT2D eigenvalue weighted by Gasteiger charge is 2.31. The molecule has 0 radical (unpaired) electrons. The molecule has 0 amide bonds. The summed E-state index contributed by atoms with van der Waals surface area (Å²) in [4.78, 5) is 12.7. The van der Waals surface area contributed by atoms with Crippen molar-refractivity contribution in [1.82, 2.24) is 19.3 Å². The van der Waals surface area contributed by atoms with Gasteiger partial charge in [0.15, 0.2) is 10.9 Å². The van der Waals surface area contributed by atoms with Gasteiger partial charge in [0.25, 0.3) is 0 Å². The quantitative estimate of drug-likeness (QED) is 0.564. The predicted molar refractivity (Wildman–Crippen MR) is 94.9 cm³/mol. The molecule has 2 fully saturated rings. The first-order chi connectivity index (χ1) is 11.6. The lowest BCUT2D eigenvalue weighted by Gasteiger charge is -2.08. The molecule has 2 aliphatic rings. The van der Waals surface area contributed by atoms with E-state index in [2.05, 4.69) is 46.2 Å². The molecule has 4 rings (SSSR count). The summed E-state index contributed by atoms with van der Waals surface area (Å²) in [7, 11) is 0. The van der Waals surface area contributed by atoms with E-state index in [-0.39, 0.29) is 5.78 Å². The second-order valence-corrected chi connectivity index (χ2v) is 7.90. The molecule has 0 saturated heterocycles. The highest BCUT2D eigenvalue weighted by Crippen LogP contribution is 2.40. The van der Waals surface area contributed by atoms with Gasteiger partial charge in [0.2, 0.25) is 0 Å². The van der Waals surface area contributed by atoms with E-state index in [1.54, 1.807) is 0 Å². The van der Waals surface area contributed by atoms with Crippen LogP contribution in [0.3, 0.4) is 0 Å². The van der Waals surface area contributed by atoms with Crippen LogP contribution in [0.4, 0.5) is 0 Å². The fraction of sp³-hybridized carbons (Fsp3) is 0.611. The number of carbonyl (C=O) groups is 1. The molecule has 0 aromatic carbocycles. The van der Waals surface area contributed by atoms with Gasteiger partial charge in [-0.2, -0.15) is 0 Å². The minimum atomic E-state index is 0.193. The lowest BCUT2D eigenvalue weighted by molar-refractivity contribution is 0.102. The number of Topliss-reactive ketones (excluding diaryl/α,β-unsaturated/α-hetero) is 1. The Balaban J connectivity index is 1.48. The minimum Gasteiger partial charge on any atom is -0.345 e. The molecular weight excluding hydrogens is 320 g/mol. The Hall–Kier alpha value is -1.56. The van der Waals surface area contributed by atoms with E-state index in [9.17, 15) is 4.79 Å². The number of ketones is 1. The van der Waals surface area contributed by atoms with Gasteiger partial charge in [-0.25, -0.2) is 0 Å². The van der Waals surface area contributed by atoms with E-state index in [1.807, 2.05) is 0 Å². The van der Waals surface area contributed by atoms with E-state index in [4.69, 9.17) is 0 Å². The Morgan fingerprint density at radius 1 is 1.25 bits per heavy atom. The second kappa shape index (κ2) is 6.06. The number of nitrogens with zero attached hydrogens (tertiary/aromatic N) is 4. The Kier molecular flexibility index (Phi) is 4.03. The zero-order valence-electron chi connectivity index (χ0n) is 14.6. The van der Waals surface area contributed by atoms with Gasteiger partial charge in [0, 0.05) is 35.5 Å². The lowest BCUT2D eigenvalue weighted by Crippen LogP contribution is -2.07. The number of hydrogen-bond acceptors (Lipinski definition) is 4. The maximum Gasteiger partial charge on any atom is 0.191 e. The van der Waals surface area contributed by atoms with Crippen LogP contribution in [0.1, 0.15) is 72.1 Å². The molecule has 2 heterocycles. The molecule has 0 N–H and O–H groups in total. The molecule has 5 nitrogen and oxygen atoms in total. The van der Waals surface area contributed by atoms with Crippen LogP contribution in [0.15, 0.2) is 11.2 Å². The summed E-state index contributed by atoms with van der Waals surface area (Å²) < 4.78 is 4.50. The van der Waals surface area contributed by atoms with E-state index < -0.39 is 0 Å². The van der Waals surface area contributed by atoms with Crippen LogP contribution in [0.5, 0.6) is 0 Å². The molecule has 2 saturated carbocycles. The van der Waals surface area contributed by atoms with Crippen molar-refractivity contribution in [3.8, 4) is 0 Å². The van der Waals surface area contributed by atoms with E-state index in [0.717, 1.165) is 28.8 Å². The van der Waals surface area contributed by atoms with Gasteiger partial charge in [-0.1, -0.05) is 11.8 Å². The zero-order valence-corrected chi connectivity index (χ0v) is 15.4. The van der Waals surface area contributed by atoms with Crippen molar-refractivity contribution in [2.45, 2.75) is 70.1 Å². The van der Waals surface area contributed by atoms with Gasteiger partial charge in [0.1, 0.15) is 5.82 Å². The van der Waals surface area contributed by atoms with Crippen molar-refractivity contribution in [2.24, 2.45) is 0 Å². The topological polar surface area (TPSA) is 52.7 Å². The smallest absolute Gasteiger partial charge is 0.191 e. The van der Waals surface area contributed by atoms with Gasteiger partial charge in [-0.3, -0.25) is 4.79 Å². The third-order valence-corrected chi connectivity index (χ3v) is 6.00. The largest absolute Gasteiger partial charge is 0.345 e. The monoisotopic (exact) mass is 344 g/mol. The molecule has 2 aromatic heterocycles. The first kappa shape index (κ1) is 15.9. The normalized spacial score (nSPS) is 17.5. The Labute approximate surface area is 146 Å². The summed E-state index contributed by atoms with van der Waals surface area (Å²) in [5.74, 6) is 2.30. The van der Waals surface area contributed by atoms with Crippen LogP contribution in [-0.4, -0.2) is 30.9 Å². The van der Waals surface area contributed by atoms with Gasteiger partial charge in [-0.05, 0) is 52.5 Å². The SMILES string of the molecule is CCn1c(SCC(=O)c2cc(C)n(C3CC3)c2C)nnc1C1CC1. The van der Waals surface area contributed by atoms with Crippen molar-refractivity contribution >= 4 is 17.5 Å². The standard InChI is InChI=1S/C18H24N4OS/c1-4-21-17(13-5-6-13)19-20-18(21)24-10-16(23)15-9-11(2)22(12(15)3)14-7-8-14/h9,13-14H,4-8,10H2,1-3H3. The van der Waals surface area contributed by atoms with Crippen LogP contribution in [0.2, 0.25) is 0 Å². The van der Waals surface area contributed by atoms with Crippen molar-refractivity contribution < 1.29 is 4.79 Å². The first-order valence-corrected chi connectivity index (χ1v) is 9.86. The van der Waals surface area contributed by atoms with E-state index in [1.165, 1.54) is 43.1 Å². The van der Waals surface area contributed by atoms with Gasteiger partial charge in [0.05, 0.1) is 5.75 Å². The summed E-state index contributed by atoms with van der Waals surface area (Å²) >= 11 is 1.52. The van der Waals surface area contributed by atoms with Crippen molar-refractivity contribution in [3.05, 3.63) is 28.8 Å². The van der Waals surface area contributed by atoms with Gasteiger partial charge >= 0.3 is 0 Å². The number of hydrogen-bond donors (Lipinski definition) is 0. The van der Waals surface area contributed by atoms with Gasteiger partial charge in [-0.15, -0.1) is 10.2 Å². The van der Waals surface area contributed by atoms with Crippen LogP contribution in [0.25, 0.3) is 0 Å². The lowest BCUT2D eigenvalue weighted by atomic mass is 10.2. The number of aromatic nitrogens is 4. The van der Waals surface area contributed by atoms with Crippen LogP contribution in [-0.2, 0) is 6.54 Å². The van der Waals surface area contributed by atoms with Crippen molar-refractivity contribution in [2.75, 3.05) is 5.75 Å². The zero-order chi connectivity index (χ0) is 16.8. The van der Waals surface area contributed by atoms with E-state index in [0.29, 0.717) is 17.7 Å². The van der Waals surface area contributed by atoms with Crippen LogP contribution in [0, 0.1) is 13.8 Å². The summed E-state index contributed by atoms with van der Waals surface area (Å²) in [5.41, 5.74) is 3.20. The maximum absolute atomic E-state index is 12.7. The summed E-state index contributed by atoms with van der Waals surface area (Å²) in [6.45, 7) is 7.16. The predicted octanol–water partition coefficient (Wildman–Crippen LogP) is 3.90. The highest BCUT2D eigenvalue weighted by molar-refractivity contribution is 7.99. The third-order valence-electron chi connectivity index (χ3n) is 5.03. The van der Waals surface area contributed by atoms with Gasteiger partial charge < -0.3 is 9.13 Å². The molecular formula is C18H24N4OS. The highest BCUT2D eigenvalue weighted by atomic mass is 32.2. The number of rotatable bonds is 7. The third kappa shape index (κ3) is 2.81. The first-order valence-electron chi connectivity index (χ1n) is 8.87. The number of aryl methyl sites for hydroxylation is 1. The average molecular weight is 344 g/mol. The second-order valence-electron chi connectivity index (χ2n) is 6.96. The van der Waals surface area contributed by atoms with Crippen LogP contribution >= 0.6 is 11.8 Å². The molecule has 128 valence electrons. The molecule has 0 spiro atoms. The van der Waals surface area contributed by atoms with Crippen molar-refractivity contribution in [3.63, 3.8) is 0 Å². The Morgan fingerprint density at radius 3 is 2.62 bits per heavy atom. The Bertz CT molecular complexity index is 783. The summed E-state index contributed by atoms with van der Waals surface area (Å²) in [6.07, 6.45) is 4.91. The molecule has 0 unspecified atom stereocenters. The molecule has 0 atom stereocenters. The molecule has 0 aliphatic heterocycles. The summed E-state index contributed by atoms with van der Waals surface area (Å²) in [5, 5.41) is 9.54. The average Bonchev–Trinajstić information content (AvgIpc) is 3.49. The van der Waals surface area contributed by atoms with E-state index >= 15 is 0 Å². The summed E-state index contributed by atoms with van der Waals surface area (Å²) in [6, 6.07) is 2.67. The molecule has 0 bridgehead atoms. The molecule has 2 aliphatic carbocycles. The van der Waals surface area contributed by atoms with Crippen molar-refractivity contribution in [1.29, 1.82) is 0 Å². The number of carbonyl (C=O) groups excluding carboxylic acids is 1. The molecule has 6 heteroatoms. The minimum absolute atomic E-state index is 0.193. The molecule has 2 aromatic rings. The Morgan fingerprint density at radius 2 is 2.00 bits per heavy atom. The van der Waals surface area contributed by atoms with Crippen LogP contribution < -0.4 is 0 Å². The number of thioether (sulfide) groups is 1. The molecule has 24 heavy (non-hydrogen) atoms. The fourth-order valence-electron chi connectivity index (χ4n) is 3.51. The fourth-order valence-corrected chi connectivity index (χ4v) is 4.40.